The molecule has 1 amide bonds. The lowest BCUT2D eigenvalue weighted by Gasteiger charge is -2.09. The molecule has 0 bridgehead atoms. The lowest BCUT2D eigenvalue weighted by molar-refractivity contribution is 0.0938. The minimum atomic E-state index is -0.343. The first-order valence-electron chi connectivity index (χ1n) is 6.65. The highest BCUT2D eigenvalue weighted by molar-refractivity contribution is 6.02. The predicted molar refractivity (Wildman–Crippen MR) is 74.2 cm³/mol. The van der Waals surface area contributed by atoms with Crippen LogP contribution in [-0.4, -0.2) is 25.1 Å². The van der Waals surface area contributed by atoms with Gasteiger partial charge in [0.2, 0.25) is 0 Å². The highest BCUT2D eigenvalue weighted by Gasteiger charge is 2.12. The van der Waals surface area contributed by atoms with Crippen molar-refractivity contribution in [1.82, 2.24) is 5.32 Å². The Balaban J connectivity index is 2.55. The van der Waals surface area contributed by atoms with Gasteiger partial charge in [-0.1, -0.05) is 20.8 Å². The van der Waals surface area contributed by atoms with E-state index in [-0.39, 0.29) is 17.7 Å². The summed E-state index contributed by atoms with van der Waals surface area (Å²) in [5.74, 6) is 0.470. The van der Waals surface area contributed by atoms with Gasteiger partial charge in [0, 0.05) is 6.54 Å². The molecule has 0 aliphatic heterocycles. The van der Waals surface area contributed by atoms with Crippen molar-refractivity contribution in [2.75, 3.05) is 13.2 Å². The lowest BCUT2D eigenvalue weighted by Crippen LogP contribution is -2.32. The van der Waals surface area contributed by atoms with Crippen LogP contribution in [0.15, 0.2) is 27.8 Å². The minimum Gasteiger partial charge on any atom is -0.465 e. The van der Waals surface area contributed by atoms with Crippen LogP contribution < -0.4 is 5.32 Å². The van der Waals surface area contributed by atoms with E-state index in [0.29, 0.717) is 19.1 Å². The van der Waals surface area contributed by atoms with E-state index >= 15 is 0 Å². The van der Waals surface area contributed by atoms with Crippen molar-refractivity contribution >= 4 is 11.9 Å². The van der Waals surface area contributed by atoms with Gasteiger partial charge in [0.25, 0.3) is 11.9 Å². The van der Waals surface area contributed by atoms with Crippen LogP contribution in [0.5, 0.6) is 0 Å². The van der Waals surface area contributed by atoms with E-state index in [1.54, 1.807) is 12.1 Å². The van der Waals surface area contributed by atoms with Crippen molar-refractivity contribution in [1.29, 1.82) is 0 Å². The van der Waals surface area contributed by atoms with Crippen LogP contribution in [0, 0.1) is 5.92 Å². The predicted octanol–water partition coefficient (Wildman–Crippen LogP) is 2.84. The number of carbonyl (C=O) groups excluding carboxylic acids is 1. The van der Waals surface area contributed by atoms with Gasteiger partial charge in [-0.15, -0.1) is 0 Å². The van der Waals surface area contributed by atoms with E-state index in [1.165, 1.54) is 6.26 Å². The molecule has 19 heavy (non-hydrogen) atoms. The minimum absolute atomic E-state index is 0.247. The molecule has 1 N–H and O–H groups in total. The Hall–Kier alpha value is -1.78. The summed E-state index contributed by atoms with van der Waals surface area (Å²) >= 11 is 0. The molecular weight excluding hydrogens is 244 g/mol. The van der Waals surface area contributed by atoms with Crippen LogP contribution in [0.2, 0.25) is 0 Å². The third kappa shape index (κ3) is 6.08. The fraction of sp³-hybridized carbons (Fsp3) is 0.571. The second kappa shape index (κ2) is 8.34. The molecule has 0 unspecified atom stereocenters. The monoisotopic (exact) mass is 266 g/mol. The highest BCUT2D eigenvalue weighted by Crippen LogP contribution is 2.01. The SMILES string of the molecule is CCCOC(=NCCC(C)C)NC(=O)c1ccco1. The molecule has 0 radical (unpaired) electrons. The molecule has 1 aromatic heterocycles. The molecule has 0 atom stereocenters. The van der Waals surface area contributed by atoms with Gasteiger partial charge in [-0.3, -0.25) is 10.1 Å². The number of hydrogen-bond donors (Lipinski definition) is 1. The van der Waals surface area contributed by atoms with Gasteiger partial charge >= 0.3 is 0 Å². The third-order valence-electron chi connectivity index (χ3n) is 2.37. The van der Waals surface area contributed by atoms with Crippen LogP contribution in [-0.2, 0) is 4.74 Å². The number of aliphatic imine (C=N–C) groups is 1. The van der Waals surface area contributed by atoms with E-state index < -0.39 is 0 Å². The number of furan rings is 1. The fourth-order valence-corrected chi connectivity index (χ4v) is 1.31. The van der Waals surface area contributed by atoms with Gasteiger partial charge in [0.1, 0.15) is 0 Å². The van der Waals surface area contributed by atoms with Crippen molar-refractivity contribution in [3.63, 3.8) is 0 Å². The standard InChI is InChI=1S/C14H22N2O3/c1-4-9-19-14(15-8-7-11(2)3)16-13(17)12-6-5-10-18-12/h5-6,10-11H,4,7-9H2,1-3H3,(H,15,16,17). The lowest BCUT2D eigenvalue weighted by atomic mass is 10.1. The zero-order chi connectivity index (χ0) is 14.1. The second-order valence-electron chi connectivity index (χ2n) is 4.65. The zero-order valence-corrected chi connectivity index (χ0v) is 11.8. The largest absolute Gasteiger partial charge is 0.465 e. The number of amides is 1. The summed E-state index contributed by atoms with van der Waals surface area (Å²) in [6.07, 6.45) is 3.27. The van der Waals surface area contributed by atoms with E-state index in [0.717, 1.165) is 12.8 Å². The molecule has 5 nitrogen and oxygen atoms in total. The molecule has 0 saturated carbocycles. The summed E-state index contributed by atoms with van der Waals surface area (Å²) in [5, 5.41) is 2.62. The van der Waals surface area contributed by atoms with Crippen molar-refractivity contribution in [2.24, 2.45) is 10.9 Å². The maximum Gasteiger partial charge on any atom is 0.294 e. The Morgan fingerprint density at radius 3 is 2.89 bits per heavy atom. The van der Waals surface area contributed by atoms with Crippen LogP contribution in [0.4, 0.5) is 0 Å². The van der Waals surface area contributed by atoms with Gasteiger partial charge in [-0.2, -0.15) is 0 Å². The number of carbonyl (C=O) groups is 1. The highest BCUT2D eigenvalue weighted by atomic mass is 16.5. The van der Waals surface area contributed by atoms with Crippen LogP contribution in [0.25, 0.3) is 0 Å². The fourth-order valence-electron chi connectivity index (χ4n) is 1.31. The first-order valence-corrected chi connectivity index (χ1v) is 6.65. The topological polar surface area (TPSA) is 63.8 Å². The smallest absolute Gasteiger partial charge is 0.294 e. The maximum absolute atomic E-state index is 11.8. The molecule has 1 heterocycles. The van der Waals surface area contributed by atoms with Crippen LogP contribution in [0.1, 0.15) is 44.2 Å². The van der Waals surface area contributed by atoms with Gasteiger partial charge in [-0.05, 0) is 30.9 Å². The molecule has 1 rings (SSSR count). The van der Waals surface area contributed by atoms with Crippen LogP contribution in [0.3, 0.4) is 0 Å². The molecule has 1 aromatic rings. The average Bonchev–Trinajstić information content (AvgIpc) is 2.89. The summed E-state index contributed by atoms with van der Waals surface area (Å²) < 4.78 is 10.4. The number of rotatable bonds is 6. The quantitative estimate of drug-likeness (QED) is 0.636. The molecule has 0 fully saturated rings. The second-order valence-corrected chi connectivity index (χ2v) is 4.65. The summed E-state index contributed by atoms with van der Waals surface area (Å²) in [6.45, 7) is 7.42. The average molecular weight is 266 g/mol. The number of hydrogen-bond acceptors (Lipinski definition) is 4. The van der Waals surface area contributed by atoms with E-state index in [4.69, 9.17) is 9.15 Å². The molecule has 106 valence electrons. The van der Waals surface area contributed by atoms with E-state index in [9.17, 15) is 4.79 Å². The number of nitrogens with one attached hydrogen (secondary N) is 1. The van der Waals surface area contributed by atoms with Gasteiger partial charge < -0.3 is 9.15 Å². The Morgan fingerprint density at radius 2 is 2.32 bits per heavy atom. The third-order valence-corrected chi connectivity index (χ3v) is 2.37. The maximum atomic E-state index is 11.8. The summed E-state index contributed by atoms with van der Waals surface area (Å²) in [4.78, 5) is 16.1. The molecule has 5 heteroatoms. The summed E-state index contributed by atoms with van der Waals surface area (Å²) in [7, 11) is 0. The first-order chi connectivity index (χ1) is 9.13. The van der Waals surface area contributed by atoms with Crippen molar-refractivity contribution < 1.29 is 13.9 Å². The van der Waals surface area contributed by atoms with Gasteiger partial charge in [0.05, 0.1) is 12.9 Å². The summed E-state index contributed by atoms with van der Waals surface area (Å²) in [5.41, 5.74) is 0. The van der Waals surface area contributed by atoms with Crippen LogP contribution >= 0.6 is 0 Å². The Kier molecular flexibility index (Phi) is 6.71. The summed E-state index contributed by atoms with van der Waals surface area (Å²) in [6, 6.07) is 3.53. The molecule has 0 spiro atoms. The van der Waals surface area contributed by atoms with Crippen molar-refractivity contribution in [3.8, 4) is 0 Å². The zero-order valence-electron chi connectivity index (χ0n) is 11.8. The molecular formula is C14H22N2O3. The van der Waals surface area contributed by atoms with E-state index in [2.05, 4.69) is 24.2 Å². The Labute approximate surface area is 114 Å². The molecule has 0 aromatic carbocycles. The molecule has 0 saturated heterocycles. The van der Waals surface area contributed by atoms with Crippen molar-refractivity contribution in [3.05, 3.63) is 24.2 Å². The number of nitrogens with zero attached hydrogens (tertiary/aromatic N) is 1. The molecule has 0 aliphatic carbocycles. The van der Waals surface area contributed by atoms with Crippen molar-refractivity contribution in [2.45, 2.75) is 33.6 Å². The normalized spacial score (nSPS) is 11.7. The Morgan fingerprint density at radius 1 is 1.53 bits per heavy atom. The van der Waals surface area contributed by atoms with Gasteiger partial charge in [0.15, 0.2) is 5.76 Å². The first kappa shape index (κ1) is 15.3. The van der Waals surface area contributed by atoms with Gasteiger partial charge in [-0.25, -0.2) is 4.99 Å². The number of amidine groups is 1. The Bertz CT molecular complexity index is 397. The van der Waals surface area contributed by atoms with E-state index in [1.807, 2.05) is 6.92 Å². The molecule has 0 aliphatic rings. The number of ether oxygens (including phenoxy) is 1.